The fourth-order valence-electron chi connectivity index (χ4n) is 1.45. The number of hydrogen-bond donors (Lipinski definition) is 2. The highest BCUT2D eigenvalue weighted by Gasteiger charge is 2.30. The maximum atomic E-state index is 12.4. The van der Waals surface area contributed by atoms with Gasteiger partial charge >= 0.3 is 12.3 Å². The minimum Gasteiger partial charge on any atom is -0.464 e. The van der Waals surface area contributed by atoms with E-state index in [9.17, 15) is 18.0 Å². The Bertz CT molecular complexity index is 427. The summed E-state index contributed by atoms with van der Waals surface area (Å²) in [5.74, 6) is 5.13. The van der Waals surface area contributed by atoms with E-state index in [0.717, 1.165) is 12.1 Å². The predicted molar refractivity (Wildman–Crippen MR) is 65.9 cm³/mol. The van der Waals surface area contributed by atoms with Crippen LogP contribution in [0, 0.1) is 0 Å². The first-order valence-electron chi connectivity index (χ1n) is 5.22. The highest BCUT2D eigenvalue weighted by Crippen LogP contribution is 2.29. The topological polar surface area (TPSA) is 66.6 Å². The Morgan fingerprint density at radius 1 is 1.37 bits per heavy atom. The van der Waals surface area contributed by atoms with Crippen LogP contribution in [0.2, 0.25) is 0 Å². The van der Waals surface area contributed by atoms with Gasteiger partial charge in [-0.1, -0.05) is 18.2 Å². The van der Waals surface area contributed by atoms with Crippen LogP contribution in [-0.4, -0.2) is 22.8 Å². The van der Waals surface area contributed by atoms with Crippen molar-refractivity contribution in [3.05, 3.63) is 35.4 Å². The summed E-state index contributed by atoms with van der Waals surface area (Å²) in [6.45, 7) is 0.0750. The van der Waals surface area contributed by atoms with Gasteiger partial charge in [-0.2, -0.15) is 13.2 Å². The van der Waals surface area contributed by atoms with E-state index >= 15 is 0 Å². The number of nitrogens with zero attached hydrogens (tertiary/aromatic N) is 1. The number of carbonyl (C=O) groups is 1. The van der Waals surface area contributed by atoms with E-state index in [4.69, 9.17) is 10.9 Å². The van der Waals surface area contributed by atoms with Gasteiger partial charge in [-0.05, 0) is 24.5 Å². The zero-order chi connectivity index (χ0) is 13.8. The zero-order valence-corrected chi connectivity index (χ0v) is 10.7. The molecule has 0 bridgehead atoms. The second-order valence-electron chi connectivity index (χ2n) is 3.78. The molecule has 1 aromatic rings. The van der Waals surface area contributed by atoms with E-state index in [1.54, 1.807) is 6.07 Å². The monoisotopic (exact) mass is 298 g/mol. The van der Waals surface area contributed by atoms with Crippen LogP contribution in [0.1, 0.15) is 17.5 Å². The highest BCUT2D eigenvalue weighted by atomic mass is 35.5. The van der Waals surface area contributed by atoms with Gasteiger partial charge in [0.05, 0.1) is 5.56 Å². The number of carboxylic acid groups (broad SMARTS) is 1. The first-order valence-corrected chi connectivity index (χ1v) is 5.22. The lowest BCUT2D eigenvalue weighted by molar-refractivity contribution is -0.137. The van der Waals surface area contributed by atoms with E-state index in [1.807, 2.05) is 0 Å². The normalized spacial score (nSPS) is 10.7. The molecule has 1 aromatic carbocycles. The molecule has 19 heavy (non-hydrogen) atoms. The highest BCUT2D eigenvalue weighted by molar-refractivity contribution is 5.85. The predicted octanol–water partition coefficient (Wildman–Crippen LogP) is 2.91. The summed E-state index contributed by atoms with van der Waals surface area (Å²) in [7, 11) is 0. The van der Waals surface area contributed by atoms with Gasteiger partial charge in [0.15, 0.2) is 0 Å². The van der Waals surface area contributed by atoms with Crippen LogP contribution in [0.15, 0.2) is 24.3 Å². The molecule has 0 atom stereocenters. The molecule has 0 aliphatic heterocycles. The van der Waals surface area contributed by atoms with Crippen LogP contribution in [-0.2, 0) is 12.6 Å². The van der Waals surface area contributed by atoms with Crippen LogP contribution < -0.4 is 5.84 Å². The molecule has 0 heterocycles. The van der Waals surface area contributed by atoms with Crippen molar-refractivity contribution < 1.29 is 23.1 Å². The average molecular weight is 299 g/mol. The largest absolute Gasteiger partial charge is 0.464 e. The lowest BCUT2D eigenvalue weighted by Crippen LogP contribution is -2.37. The fourth-order valence-corrected chi connectivity index (χ4v) is 1.45. The van der Waals surface area contributed by atoms with Crippen LogP contribution >= 0.6 is 12.4 Å². The minimum atomic E-state index is -4.36. The summed E-state index contributed by atoms with van der Waals surface area (Å²) >= 11 is 0. The standard InChI is InChI=1S/C11H13F3N2O2.ClH/c12-11(13,14)9-5-1-3-8(7-9)4-2-6-16(15)10(17)18;/h1,3,5,7H,2,4,6,15H2,(H,17,18);1H. The quantitative estimate of drug-likeness (QED) is 0.510. The Balaban J connectivity index is 0.00000324. The zero-order valence-electron chi connectivity index (χ0n) is 9.85. The van der Waals surface area contributed by atoms with Crippen molar-refractivity contribution in [2.24, 2.45) is 5.84 Å². The molecule has 0 unspecified atom stereocenters. The summed E-state index contributed by atoms with van der Waals surface area (Å²) in [6.07, 6.45) is -4.93. The van der Waals surface area contributed by atoms with Crippen LogP contribution in [0.3, 0.4) is 0 Å². The molecule has 0 radical (unpaired) electrons. The molecule has 1 amide bonds. The van der Waals surface area contributed by atoms with Gasteiger partial charge in [0.1, 0.15) is 0 Å². The SMILES string of the molecule is Cl.NN(CCCc1cccc(C(F)(F)F)c1)C(=O)O. The summed E-state index contributed by atoms with van der Waals surface area (Å²) in [4.78, 5) is 10.4. The lowest BCUT2D eigenvalue weighted by Gasteiger charge is -2.12. The van der Waals surface area contributed by atoms with Crippen molar-refractivity contribution in [1.82, 2.24) is 5.01 Å². The number of halogens is 4. The number of hydrazine groups is 1. The molecule has 0 aliphatic rings. The molecule has 0 fully saturated rings. The van der Waals surface area contributed by atoms with E-state index < -0.39 is 17.8 Å². The molecule has 0 aliphatic carbocycles. The van der Waals surface area contributed by atoms with Crippen molar-refractivity contribution in [3.63, 3.8) is 0 Å². The maximum Gasteiger partial charge on any atom is 0.421 e. The van der Waals surface area contributed by atoms with Crippen molar-refractivity contribution in [3.8, 4) is 0 Å². The molecule has 108 valence electrons. The molecule has 0 spiro atoms. The number of rotatable bonds is 4. The number of amides is 1. The molecule has 1 rings (SSSR count). The Hall–Kier alpha value is -1.47. The lowest BCUT2D eigenvalue weighted by atomic mass is 10.1. The number of hydrogen-bond acceptors (Lipinski definition) is 2. The third-order valence-corrected chi connectivity index (χ3v) is 2.36. The van der Waals surface area contributed by atoms with E-state index in [1.165, 1.54) is 6.07 Å². The van der Waals surface area contributed by atoms with Crippen LogP contribution in [0.4, 0.5) is 18.0 Å². The fraction of sp³-hybridized carbons (Fsp3) is 0.364. The molecule has 8 heteroatoms. The molecule has 0 saturated heterocycles. The van der Waals surface area contributed by atoms with Crippen molar-refractivity contribution in [1.29, 1.82) is 0 Å². The number of aryl methyl sites for hydroxylation is 1. The first-order chi connectivity index (χ1) is 8.30. The summed E-state index contributed by atoms with van der Waals surface area (Å²) in [5, 5.41) is 9.09. The van der Waals surface area contributed by atoms with Gasteiger partial charge in [0, 0.05) is 6.54 Å². The van der Waals surface area contributed by atoms with Crippen LogP contribution in [0.25, 0.3) is 0 Å². The third kappa shape index (κ3) is 5.80. The second-order valence-corrected chi connectivity index (χ2v) is 3.78. The van der Waals surface area contributed by atoms with E-state index in [2.05, 4.69) is 0 Å². The van der Waals surface area contributed by atoms with Crippen molar-refractivity contribution >= 4 is 18.5 Å². The molecular formula is C11H14ClF3N2O2. The van der Waals surface area contributed by atoms with Crippen LogP contribution in [0.5, 0.6) is 0 Å². The Morgan fingerprint density at radius 3 is 2.53 bits per heavy atom. The van der Waals surface area contributed by atoms with Gasteiger partial charge in [-0.25, -0.2) is 15.6 Å². The second kappa shape index (κ2) is 7.20. The van der Waals surface area contributed by atoms with Gasteiger partial charge in [0.25, 0.3) is 0 Å². The Morgan fingerprint density at radius 2 is 2.00 bits per heavy atom. The molecular weight excluding hydrogens is 285 g/mol. The van der Waals surface area contributed by atoms with E-state index in [0.29, 0.717) is 23.4 Å². The molecule has 0 saturated carbocycles. The Kier molecular flexibility index (Phi) is 6.64. The minimum absolute atomic E-state index is 0. The van der Waals surface area contributed by atoms with Crippen molar-refractivity contribution in [2.75, 3.05) is 6.54 Å². The third-order valence-electron chi connectivity index (χ3n) is 2.36. The maximum absolute atomic E-state index is 12.4. The molecule has 3 N–H and O–H groups in total. The molecule has 4 nitrogen and oxygen atoms in total. The Labute approximate surface area is 114 Å². The number of nitrogens with two attached hydrogens (primary N) is 1. The summed E-state index contributed by atoms with van der Waals surface area (Å²) in [5.41, 5.74) is -0.202. The average Bonchev–Trinajstić information content (AvgIpc) is 2.28. The van der Waals surface area contributed by atoms with Gasteiger partial charge in [-0.3, -0.25) is 0 Å². The van der Waals surface area contributed by atoms with Crippen molar-refractivity contribution in [2.45, 2.75) is 19.0 Å². The molecule has 0 aromatic heterocycles. The number of benzene rings is 1. The van der Waals surface area contributed by atoms with Gasteiger partial charge in [-0.15, -0.1) is 12.4 Å². The van der Waals surface area contributed by atoms with Gasteiger partial charge < -0.3 is 5.11 Å². The van der Waals surface area contributed by atoms with Gasteiger partial charge in [0.2, 0.25) is 0 Å². The smallest absolute Gasteiger partial charge is 0.421 e. The summed E-state index contributed by atoms with van der Waals surface area (Å²) in [6, 6.07) is 4.95. The summed E-state index contributed by atoms with van der Waals surface area (Å²) < 4.78 is 37.3. The first kappa shape index (κ1) is 17.5. The number of alkyl halides is 3. The van der Waals surface area contributed by atoms with E-state index in [-0.39, 0.29) is 19.0 Å².